The van der Waals surface area contributed by atoms with Crippen molar-refractivity contribution in [1.82, 2.24) is 0 Å². The van der Waals surface area contributed by atoms with Crippen LogP contribution in [0.1, 0.15) is 24.8 Å². The molecule has 0 spiro atoms. The van der Waals surface area contributed by atoms with Crippen LogP contribution in [-0.4, -0.2) is 37.6 Å². The van der Waals surface area contributed by atoms with E-state index >= 15 is 0 Å². The van der Waals surface area contributed by atoms with Crippen LogP contribution in [-0.2, 0) is 9.59 Å². The number of carbonyl (C=O) groups is 2. The summed E-state index contributed by atoms with van der Waals surface area (Å²) in [5.41, 5.74) is 7.75. The van der Waals surface area contributed by atoms with Crippen LogP contribution in [0.15, 0.2) is 36.4 Å². The van der Waals surface area contributed by atoms with Crippen molar-refractivity contribution in [3.05, 3.63) is 47.0 Å². The van der Waals surface area contributed by atoms with Gasteiger partial charge < -0.3 is 25.4 Å². The molecule has 2 heterocycles. The van der Waals surface area contributed by atoms with Gasteiger partial charge in [-0.05, 0) is 25.0 Å². The van der Waals surface area contributed by atoms with E-state index in [1.807, 2.05) is 36.1 Å². The molecule has 152 valence electrons. The molecule has 0 aliphatic carbocycles. The van der Waals surface area contributed by atoms with Gasteiger partial charge >= 0.3 is 0 Å². The van der Waals surface area contributed by atoms with Crippen molar-refractivity contribution >= 4 is 34.8 Å². The lowest BCUT2D eigenvalue weighted by Gasteiger charge is -2.39. The number of primary amides is 1. The number of nitrogens with zero attached hydrogens (tertiary/aromatic N) is 1. The number of halogens is 1. The quantitative estimate of drug-likeness (QED) is 0.800. The highest BCUT2D eigenvalue weighted by atomic mass is 35.5. The molecule has 0 bridgehead atoms. The molecule has 0 aromatic heterocycles. The number of nitrogens with one attached hydrogen (secondary N) is 1. The van der Waals surface area contributed by atoms with E-state index in [1.54, 1.807) is 12.1 Å². The highest BCUT2D eigenvalue weighted by Gasteiger charge is 2.33. The lowest BCUT2D eigenvalue weighted by molar-refractivity contribution is -0.119. The van der Waals surface area contributed by atoms with Gasteiger partial charge in [-0.3, -0.25) is 9.59 Å². The van der Waals surface area contributed by atoms with E-state index in [9.17, 15) is 9.59 Å². The van der Waals surface area contributed by atoms with Crippen molar-refractivity contribution in [3.8, 4) is 11.5 Å². The fraction of sp³-hybridized carbons (Fsp3) is 0.333. The van der Waals surface area contributed by atoms with Crippen molar-refractivity contribution in [2.24, 2.45) is 5.73 Å². The second-order valence-electron chi connectivity index (χ2n) is 7.25. The van der Waals surface area contributed by atoms with Crippen molar-refractivity contribution in [2.75, 3.05) is 30.0 Å². The van der Waals surface area contributed by atoms with E-state index in [2.05, 4.69) is 5.32 Å². The molecular weight excluding hydrogens is 394 g/mol. The maximum absolute atomic E-state index is 12.8. The Morgan fingerprint density at radius 1 is 1.21 bits per heavy atom. The average molecular weight is 416 g/mol. The number of carbonyl (C=O) groups excluding carboxylic acids is 2. The monoisotopic (exact) mass is 415 g/mol. The number of hydrogen-bond acceptors (Lipinski definition) is 5. The molecule has 2 amide bonds. The summed E-state index contributed by atoms with van der Waals surface area (Å²) in [7, 11) is 0. The summed E-state index contributed by atoms with van der Waals surface area (Å²) in [6.07, 6.45) is 0.560. The normalized spacial score (nSPS) is 20.0. The Bertz CT molecular complexity index is 965. The largest absolute Gasteiger partial charge is 0.486 e. The Labute approximate surface area is 173 Å². The second kappa shape index (κ2) is 7.83. The molecule has 4 rings (SSSR count). The Hall–Kier alpha value is -2.93. The molecular formula is C21H22ClN3O4. The number of benzene rings is 2. The number of fused-ring (bicyclic) bond motifs is 2. The second-order valence-corrected chi connectivity index (χ2v) is 7.66. The zero-order chi connectivity index (χ0) is 20.5. The third-order valence-electron chi connectivity index (χ3n) is 5.29. The topological polar surface area (TPSA) is 93.9 Å². The molecule has 2 aromatic carbocycles. The van der Waals surface area contributed by atoms with Gasteiger partial charge in [-0.2, -0.15) is 0 Å². The summed E-state index contributed by atoms with van der Waals surface area (Å²) in [6, 6.07) is 10.8. The molecule has 2 aliphatic heterocycles. The fourth-order valence-corrected chi connectivity index (χ4v) is 4.09. The van der Waals surface area contributed by atoms with Gasteiger partial charge in [0.2, 0.25) is 11.8 Å². The zero-order valence-corrected chi connectivity index (χ0v) is 16.7. The molecule has 2 atom stereocenters. The van der Waals surface area contributed by atoms with Crippen LogP contribution in [0.2, 0.25) is 5.02 Å². The third-order valence-corrected chi connectivity index (χ3v) is 5.61. The Morgan fingerprint density at radius 3 is 2.62 bits per heavy atom. The predicted octanol–water partition coefficient (Wildman–Crippen LogP) is 2.92. The molecule has 29 heavy (non-hydrogen) atoms. The first kappa shape index (κ1) is 19.4. The Balaban J connectivity index is 1.54. The summed E-state index contributed by atoms with van der Waals surface area (Å²) in [5.74, 6) is 0.194. The first-order chi connectivity index (χ1) is 13.9. The SMILES string of the molecule is CC1CC(C(N)=O)c2ccccc2N1CC(=O)Nc1cc2c(cc1Cl)OCCO2. The summed E-state index contributed by atoms with van der Waals surface area (Å²) in [6.45, 7) is 3.02. The maximum Gasteiger partial charge on any atom is 0.243 e. The van der Waals surface area contributed by atoms with E-state index in [0.29, 0.717) is 41.8 Å². The van der Waals surface area contributed by atoms with Crippen LogP contribution in [0, 0.1) is 0 Å². The van der Waals surface area contributed by atoms with E-state index in [4.69, 9.17) is 26.8 Å². The summed E-state index contributed by atoms with van der Waals surface area (Å²) in [5, 5.41) is 3.23. The number of rotatable bonds is 4. The molecule has 0 saturated carbocycles. The minimum atomic E-state index is -0.354. The number of ether oxygens (including phenoxy) is 2. The van der Waals surface area contributed by atoms with Crippen LogP contribution < -0.4 is 25.4 Å². The maximum atomic E-state index is 12.8. The zero-order valence-electron chi connectivity index (χ0n) is 16.0. The average Bonchev–Trinajstić information content (AvgIpc) is 2.70. The molecule has 8 heteroatoms. The first-order valence-electron chi connectivity index (χ1n) is 9.48. The number of nitrogens with two attached hydrogens (primary N) is 1. The van der Waals surface area contributed by atoms with Gasteiger partial charge in [-0.15, -0.1) is 0 Å². The van der Waals surface area contributed by atoms with Gasteiger partial charge in [-0.25, -0.2) is 0 Å². The van der Waals surface area contributed by atoms with Gasteiger partial charge in [0.05, 0.1) is 23.2 Å². The minimum absolute atomic E-state index is 0.0242. The standard InChI is InChI=1S/C21H22ClN3O4/c1-12-8-14(21(23)27)13-4-2-3-5-17(13)25(12)11-20(26)24-16-10-19-18(9-15(16)22)28-6-7-29-19/h2-5,9-10,12,14H,6-8,11H2,1H3,(H2,23,27)(H,24,26). The van der Waals surface area contributed by atoms with Crippen LogP contribution >= 0.6 is 11.6 Å². The number of anilines is 2. The van der Waals surface area contributed by atoms with Crippen molar-refractivity contribution in [1.29, 1.82) is 0 Å². The first-order valence-corrected chi connectivity index (χ1v) is 9.85. The molecule has 2 unspecified atom stereocenters. The fourth-order valence-electron chi connectivity index (χ4n) is 3.89. The molecule has 2 aliphatic rings. The highest BCUT2D eigenvalue weighted by molar-refractivity contribution is 6.34. The van der Waals surface area contributed by atoms with Crippen LogP contribution in [0.3, 0.4) is 0 Å². The number of hydrogen-bond donors (Lipinski definition) is 2. The highest BCUT2D eigenvalue weighted by Crippen LogP contribution is 2.39. The van der Waals surface area contributed by atoms with Crippen LogP contribution in [0.25, 0.3) is 0 Å². The van der Waals surface area contributed by atoms with Crippen LogP contribution in [0.4, 0.5) is 11.4 Å². The summed E-state index contributed by atoms with van der Waals surface area (Å²) in [4.78, 5) is 26.7. The van der Waals surface area contributed by atoms with Crippen molar-refractivity contribution in [2.45, 2.75) is 25.3 Å². The molecule has 3 N–H and O–H groups in total. The van der Waals surface area contributed by atoms with Crippen molar-refractivity contribution in [3.63, 3.8) is 0 Å². The lowest BCUT2D eigenvalue weighted by Crippen LogP contribution is -2.45. The minimum Gasteiger partial charge on any atom is -0.486 e. The molecule has 0 saturated heterocycles. The van der Waals surface area contributed by atoms with Gasteiger partial charge in [0.1, 0.15) is 13.2 Å². The summed E-state index contributed by atoms with van der Waals surface area (Å²) < 4.78 is 11.1. The van der Waals surface area contributed by atoms with Gasteiger partial charge in [0.25, 0.3) is 0 Å². The van der Waals surface area contributed by atoms with Gasteiger partial charge in [0, 0.05) is 23.9 Å². The lowest BCUT2D eigenvalue weighted by atomic mass is 9.85. The molecule has 0 radical (unpaired) electrons. The van der Waals surface area contributed by atoms with Gasteiger partial charge in [-0.1, -0.05) is 29.8 Å². The summed E-state index contributed by atoms with van der Waals surface area (Å²) >= 11 is 6.30. The number of para-hydroxylation sites is 1. The van der Waals surface area contributed by atoms with Crippen molar-refractivity contribution < 1.29 is 19.1 Å². The van der Waals surface area contributed by atoms with E-state index in [1.165, 1.54) is 0 Å². The molecule has 0 fully saturated rings. The number of amides is 2. The van der Waals surface area contributed by atoms with Crippen LogP contribution in [0.5, 0.6) is 11.5 Å². The van der Waals surface area contributed by atoms with Gasteiger partial charge in [0.15, 0.2) is 11.5 Å². The Kier molecular flexibility index (Phi) is 5.24. The smallest absolute Gasteiger partial charge is 0.243 e. The van der Waals surface area contributed by atoms with E-state index in [0.717, 1.165) is 11.3 Å². The van der Waals surface area contributed by atoms with E-state index < -0.39 is 0 Å². The third kappa shape index (κ3) is 3.82. The predicted molar refractivity (Wildman–Crippen MR) is 111 cm³/mol. The Morgan fingerprint density at radius 2 is 1.90 bits per heavy atom. The molecule has 2 aromatic rings. The van der Waals surface area contributed by atoms with E-state index in [-0.39, 0.29) is 30.3 Å². The molecule has 7 nitrogen and oxygen atoms in total.